The van der Waals surface area contributed by atoms with E-state index in [4.69, 9.17) is 5.26 Å². The van der Waals surface area contributed by atoms with E-state index in [0.29, 0.717) is 6.42 Å². The Morgan fingerprint density at radius 1 is 1.43 bits per heavy atom. The molecule has 14 heavy (non-hydrogen) atoms. The SMILES string of the molecule is CCC(CC#N)n1nc(C)c(C)c1C. The van der Waals surface area contributed by atoms with Crippen LogP contribution in [0.2, 0.25) is 0 Å². The Kier molecular flexibility index (Phi) is 3.29. The summed E-state index contributed by atoms with van der Waals surface area (Å²) in [6, 6.07) is 2.44. The molecule has 0 bridgehead atoms. The molecule has 76 valence electrons. The van der Waals surface area contributed by atoms with Gasteiger partial charge in [0.05, 0.1) is 24.2 Å². The van der Waals surface area contributed by atoms with E-state index in [0.717, 1.165) is 12.1 Å². The number of aromatic nitrogens is 2. The van der Waals surface area contributed by atoms with Crippen LogP contribution in [0.4, 0.5) is 0 Å². The molecule has 0 spiro atoms. The third-order valence-electron chi connectivity index (χ3n) is 2.83. The van der Waals surface area contributed by atoms with E-state index in [9.17, 15) is 0 Å². The molecule has 0 amide bonds. The fraction of sp³-hybridized carbons (Fsp3) is 0.636. The van der Waals surface area contributed by atoms with Gasteiger partial charge in [0.25, 0.3) is 0 Å². The van der Waals surface area contributed by atoms with Crippen LogP contribution in [0.25, 0.3) is 0 Å². The van der Waals surface area contributed by atoms with Crippen molar-refractivity contribution in [1.82, 2.24) is 9.78 Å². The van der Waals surface area contributed by atoms with Gasteiger partial charge in [-0.1, -0.05) is 6.92 Å². The van der Waals surface area contributed by atoms with Crippen molar-refractivity contribution in [1.29, 1.82) is 5.26 Å². The first-order valence-corrected chi connectivity index (χ1v) is 5.01. The number of hydrogen-bond acceptors (Lipinski definition) is 2. The van der Waals surface area contributed by atoms with Crippen molar-refractivity contribution < 1.29 is 0 Å². The summed E-state index contributed by atoms with van der Waals surface area (Å²) in [6.07, 6.45) is 1.49. The Labute approximate surface area is 85.4 Å². The minimum Gasteiger partial charge on any atom is -0.265 e. The first-order valence-electron chi connectivity index (χ1n) is 5.01. The summed E-state index contributed by atoms with van der Waals surface area (Å²) in [5.74, 6) is 0. The molecule has 1 aromatic heterocycles. The van der Waals surface area contributed by atoms with Crippen molar-refractivity contribution in [2.24, 2.45) is 0 Å². The molecular weight excluding hydrogens is 174 g/mol. The second-order valence-electron chi connectivity index (χ2n) is 3.66. The van der Waals surface area contributed by atoms with Crippen LogP contribution < -0.4 is 0 Å². The minimum absolute atomic E-state index is 0.229. The molecule has 0 aromatic carbocycles. The van der Waals surface area contributed by atoms with Crippen molar-refractivity contribution in [2.75, 3.05) is 0 Å². The van der Waals surface area contributed by atoms with Crippen LogP contribution in [0, 0.1) is 32.1 Å². The van der Waals surface area contributed by atoms with Gasteiger partial charge < -0.3 is 0 Å². The van der Waals surface area contributed by atoms with Crippen molar-refractivity contribution in [3.05, 3.63) is 17.0 Å². The molecular formula is C11H17N3. The lowest BCUT2D eigenvalue weighted by Gasteiger charge is -2.13. The van der Waals surface area contributed by atoms with Crippen LogP contribution in [0.5, 0.6) is 0 Å². The molecule has 0 aliphatic carbocycles. The van der Waals surface area contributed by atoms with Crippen LogP contribution in [-0.4, -0.2) is 9.78 Å². The lowest BCUT2D eigenvalue weighted by atomic mass is 10.1. The molecule has 1 atom stereocenters. The molecule has 0 radical (unpaired) electrons. The molecule has 0 saturated heterocycles. The van der Waals surface area contributed by atoms with E-state index in [1.807, 2.05) is 11.6 Å². The van der Waals surface area contributed by atoms with Crippen LogP contribution >= 0.6 is 0 Å². The first-order chi connectivity index (χ1) is 6.61. The van der Waals surface area contributed by atoms with E-state index in [-0.39, 0.29) is 6.04 Å². The Hall–Kier alpha value is -1.30. The molecule has 3 nitrogen and oxygen atoms in total. The maximum absolute atomic E-state index is 8.70. The van der Waals surface area contributed by atoms with Crippen LogP contribution in [0.15, 0.2) is 0 Å². The van der Waals surface area contributed by atoms with E-state index in [1.165, 1.54) is 11.3 Å². The van der Waals surface area contributed by atoms with Gasteiger partial charge in [0, 0.05) is 5.69 Å². The van der Waals surface area contributed by atoms with E-state index < -0.39 is 0 Å². The maximum atomic E-state index is 8.70. The summed E-state index contributed by atoms with van der Waals surface area (Å²) >= 11 is 0. The fourth-order valence-corrected chi connectivity index (χ4v) is 1.61. The van der Waals surface area contributed by atoms with Gasteiger partial charge in [-0.3, -0.25) is 4.68 Å². The maximum Gasteiger partial charge on any atom is 0.0649 e. The highest BCUT2D eigenvalue weighted by molar-refractivity contribution is 5.22. The zero-order valence-corrected chi connectivity index (χ0v) is 9.33. The smallest absolute Gasteiger partial charge is 0.0649 e. The van der Waals surface area contributed by atoms with Crippen LogP contribution in [0.1, 0.15) is 42.8 Å². The van der Waals surface area contributed by atoms with Crippen molar-refractivity contribution >= 4 is 0 Å². The Bertz CT molecular complexity index is 357. The molecule has 1 aromatic rings. The van der Waals surface area contributed by atoms with Gasteiger partial charge in [-0.2, -0.15) is 10.4 Å². The monoisotopic (exact) mass is 191 g/mol. The molecule has 3 heteroatoms. The molecule has 1 unspecified atom stereocenters. The third-order valence-corrected chi connectivity index (χ3v) is 2.83. The average molecular weight is 191 g/mol. The number of nitriles is 1. The molecule has 0 N–H and O–H groups in total. The van der Waals surface area contributed by atoms with Gasteiger partial charge >= 0.3 is 0 Å². The quantitative estimate of drug-likeness (QED) is 0.737. The lowest BCUT2D eigenvalue weighted by Crippen LogP contribution is -2.11. The van der Waals surface area contributed by atoms with Crippen molar-refractivity contribution in [3.63, 3.8) is 0 Å². The molecule has 1 heterocycles. The third kappa shape index (κ3) is 1.79. The second-order valence-corrected chi connectivity index (χ2v) is 3.66. The highest BCUT2D eigenvalue weighted by Crippen LogP contribution is 2.20. The van der Waals surface area contributed by atoms with Crippen molar-refractivity contribution in [3.8, 4) is 6.07 Å². The Morgan fingerprint density at radius 3 is 2.43 bits per heavy atom. The number of rotatable bonds is 3. The van der Waals surface area contributed by atoms with Gasteiger partial charge in [-0.05, 0) is 32.8 Å². The van der Waals surface area contributed by atoms with Crippen molar-refractivity contribution in [2.45, 2.75) is 46.6 Å². The highest BCUT2D eigenvalue weighted by Gasteiger charge is 2.14. The summed E-state index contributed by atoms with van der Waals surface area (Å²) in [6.45, 7) is 8.24. The summed E-state index contributed by atoms with van der Waals surface area (Å²) < 4.78 is 1.99. The predicted molar refractivity (Wildman–Crippen MR) is 56.0 cm³/mol. The van der Waals surface area contributed by atoms with Gasteiger partial charge in [0.15, 0.2) is 0 Å². The average Bonchev–Trinajstić information content (AvgIpc) is 2.42. The second kappa shape index (κ2) is 4.28. The molecule has 0 aliphatic heterocycles. The molecule has 0 fully saturated rings. The van der Waals surface area contributed by atoms with Gasteiger partial charge in [-0.25, -0.2) is 0 Å². The van der Waals surface area contributed by atoms with Gasteiger partial charge in [-0.15, -0.1) is 0 Å². The lowest BCUT2D eigenvalue weighted by molar-refractivity contribution is 0.437. The first kappa shape index (κ1) is 10.8. The summed E-state index contributed by atoms with van der Waals surface area (Å²) in [5, 5.41) is 13.2. The summed E-state index contributed by atoms with van der Waals surface area (Å²) in [5.41, 5.74) is 3.49. The molecule has 0 saturated carbocycles. The number of hydrogen-bond donors (Lipinski definition) is 0. The zero-order valence-electron chi connectivity index (χ0n) is 9.33. The minimum atomic E-state index is 0.229. The number of aryl methyl sites for hydroxylation is 1. The molecule has 1 rings (SSSR count). The van der Waals surface area contributed by atoms with Crippen LogP contribution in [-0.2, 0) is 0 Å². The van der Waals surface area contributed by atoms with E-state index in [1.54, 1.807) is 0 Å². The summed E-state index contributed by atoms with van der Waals surface area (Å²) in [4.78, 5) is 0. The Morgan fingerprint density at radius 2 is 2.07 bits per heavy atom. The normalized spacial score (nSPS) is 12.5. The fourth-order valence-electron chi connectivity index (χ4n) is 1.61. The standard InChI is InChI=1S/C11H17N3/c1-5-11(6-7-12)14-10(4)8(2)9(3)13-14/h11H,5-6H2,1-4H3. The molecule has 0 aliphatic rings. The highest BCUT2D eigenvalue weighted by atomic mass is 15.3. The van der Waals surface area contributed by atoms with Crippen LogP contribution in [0.3, 0.4) is 0 Å². The Balaban J connectivity index is 3.05. The summed E-state index contributed by atoms with van der Waals surface area (Å²) in [7, 11) is 0. The topological polar surface area (TPSA) is 41.6 Å². The van der Waals surface area contributed by atoms with Gasteiger partial charge in [0.2, 0.25) is 0 Å². The van der Waals surface area contributed by atoms with E-state index in [2.05, 4.69) is 31.9 Å². The van der Waals surface area contributed by atoms with E-state index >= 15 is 0 Å². The predicted octanol–water partition coefficient (Wildman–Crippen LogP) is 2.67. The zero-order chi connectivity index (χ0) is 10.7. The van der Waals surface area contributed by atoms with Gasteiger partial charge in [0.1, 0.15) is 0 Å². The number of nitrogens with zero attached hydrogens (tertiary/aromatic N) is 3. The largest absolute Gasteiger partial charge is 0.265 e.